The average molecular weight is 259 g/mol. The Morgan fingerprint density at radius 3 is 2.95 bits per heavy atom. The smallest absolute Gasteiger partial charge is 0.122 e. The second-order valence-corrected chi connectivity index (χ2v) is 6.06. The Labute approximate surface area is 116 Å². The molecule has 0 bridgehead atoms. The molecule has 1 heterocycles. The van der Waals surface area contributed by atoms with E-state index in [9.17, 15) is 0 Å². The summed E-state index contributed by atoms with van der Waals surface area (Å²) in [6.07, 6.45) is 5.04. The molecule has 3 rings (SSSR count). The molecule has 1 aromatic carbocycles. The highest BCUT2D eigenvalue weighted by molar-refractivity contribution is 5.45. The van der Waals surface area contributed by atoms with E-state index in [1.165, 1.54) is 37.8 Å². The zero-order valence-electron chi connectivity index (χ0n) is 12.4. The SMILES string of the molecule is CCCN1C(C)CC2c3cccc(OC)c3CCC21. The molecule has 1 aliphatic carbocycles. The predicted octanol–water partition coefficient (Wildman–Crippen LogP) is 3.60. The van der Waals surface area contributed by atoms with Gasteiger partial charge >= 0.3 is 0 Å². The second kappa shape index (κ2) is 5.16. The number of fused-ring (bicyclic) bond motifs is 3. The molecule has 0 aromatic heterocycles. The van der Waals surface area contributed by atoms with Crippen LogP contribution in [0.2, 0.25) is 0 Å². The van der Waals surface area contributed by atoms with Gasteiger partial charge in [-0.1, -0.05) is 19.1 Å². The van der Waals surface area contributed by atoms with Crippen LogP contribution in [0.1, 0.15) is 50.2 Å². The molecule has 0 radical (unpaired) electrons. The van der Waals surface area contributed by atoms with Crippen LogP contribution in [0.15, 0.2) is 18.2 Å². The third-order valence-corrected chi connectivity index (χ3v) is 5.01. The molecule has 1 aliphatic heterocycles. The molecular formula is C17H25NO. The van der Waals surface area contributed by atoms with Crippen LogP contribution >= 0.6 is 0 Å². The van der Waals surface area contributed by atoms with Crippen molar-refractivity contribution in [1.29, 1.82) is 0 Å². The lowest BCUT2D eigenvalue weighted by molar-refractivity contribution is 0.185. The highest BCUT2D eigenvalue weighted by atomic mass is 16.5. The first-order valence-corrected chi connectivity index (χ1v) is 7.67. The van der Waals surface area contributed by atoms with Crippen LogP contribution in [0.25, 0.3) is 0 Å². The Morgan fingerprint density at radius 1 is 1.37 bits per heavy atom. The van der Waals surface area contributed by atoms with Crippen molar-refractivity contribution in [3.8, 4) is 5.75 Å². The third kappa shape index (κ3) is 2.06. The third-order valence-electron chi connectivity index (χ3n) is 5.01. The van der Waals surface area contributed by atoms with Crippen LogP contribution in [0.5, 0.6) is 5.75 Å². The Kier molecular flexibility index (Phi) is 3.53. The highest BCUT2D eigenvalue weighted by Crippen LogP contribution is 2.46. The van der Waals surface area contributed by atoms with Gasteiger partial charge in [0, 0.05) is 18.0 Å². The number of hydrogen-bond donors (Lipinski definition) is 0. The molecule has 2 nitrogen and oxygen atoms in total. The topological polar surface area (TPSA) is 12.5 Å². The second-order valence-electron chi connectivity index (χ2n) is 6.06. The number of benzene rings is 1. The summed E-state index contributed by atoms with van der Waals surface area (Å²) < 4.78 is 5.55. The van der Waals surface area contributed by atoms with Crippen LogP contribution in [-0.2, 0) is 6.42 Å². The maximum Gasteiger partial charge on any atom is 0.122 e. The van der Waals surface area contributed by atoms with Gasteiger partial charge in [0.15, 0.2) is 0 Å². The van der Waals surface area contributed by atoms with E-state index in [0.29, 0.717) is 0 Å². The van der Waals surface area contributed by atoms with E-state index in [4.69, 9.17) is 4.74 Å². The summed E-state index contributed by atoms with van der Waals surface area (Å²) in [5.41, 5.74) is 3.03. The van der Waals surface area contributed by atoms with E-state index in [-0.39, 0.29) is 0 Å². The van der Waals surface area contributed by atoms with Crippen molar-refractivity contribution in [2.75, 3.05) is 13.7 Å². The molecule has 3 atom stereocenters. The summed E-state index contributed by atoms with van der Waals surface area (Å²) in [6.45, 7) is 5.94. The number of hydrogen-bond acceptors (Lipinski definition) is 2. The van der Waals surface area contributed by atoms with E-state index < -0.39 is 0 Å². The Hall–Kier alpha value is -1.02. The number of ether oxygens (including phenoxy) is 1. The summed E-state index contributed by atoms with van der Waals surface area (Å²) in [5.74, 6) is 1.82. The first-order chi connectivity index (χ1) is 9.26. The first-order valence-electron chi connectivity index (χ1n) is 7.67. The number of nitrogens with zero attached hydrogens (tertiary/aromatic N) is 1. The molecule has 1 aromatic rings. The molecule has 19 heavy (non-hydrogen) atoms. The summed E-state index contributed by atoms with van der Waals surface area (Å²) in [6, 6.07) is 8.09. The average Bonchev–Trinajstić information content (AvgIpc) is 2.75. The number of likely N-dealkylation sites (tertiary alicyclic amines) is 1. The van der Waals surface area contributed by atoms with Gasteiger partial charge in [0.1, 0.15) is 5.75 Å². The fourth-order valence-electron chi connectivity index (χ4n) is 4.24. The fourth-order valence-corrected chi connectivity index (χ4v) is 4.24. The number of methoxy groups -OCH3 is 1. The van der Waals surface area contributed by atoms with Gasteiger partial charge in [-0.25, -0.2) is 0 Å². The standard InChI is InChI=1S/C17H25NO/c1-4-10-18-12(2)11-15-13-6-5-7-17(19-3)14(13)8-9-16(15)18/h5-7,12,15-16H,4,8-11H2,1-3H3. The summed E-state index contributed by atoms with van der Waals surface area (Å²) >= 11 is 0. The van der Waals surface area contributed by atoms with Gasteiger partial charge in [0.2, 0.25) is 0 Å². The quantitative estimate of drug-likeness (QED) is 0.822. The Balaban J connectivity index is 1.94. The van der Waals surface area contributed by atoms with Crippen LogP contribution in [-0.4, -0.2) is 30.6 Å². The van der Waals surface area contributed by atoms with E-state index in [2.05, 4.69) is 36.9 Å². The van der Waals surface area contributed by atoms with E-state index in [0.717, 1.165) is 23.8 Å². The van der Waals surface area contributed by atoms with Crippen LogP contribution < -0.4 is 4.74 Å². The van der Waals surface area contributed by atoms with Crippen LogP contribution in [0, 0.1) is 0 Å². The zero-order chi connectivity index (χ0) is 13.4. The first kappa shape index (κ1) is 13.0. The highest BCUT2D eigenvalue weighted by Gasteiger charge is 2.42. The normalized spacial score (nSPS) is 29.9. The van der Waals surface area contributed by atoms with Gasteiger partial charge in [0.25, 0.3) is 0 Å². The van der Waals surface area contributed by atoms with Crippen molar-refractivity contribution in [3.05, 3.63) is 29.3 Å². The summed E-state index contributed by atoms with van der Waals surface area (Å²) in [5, 5.41) is 0. The Bertz CT molecular complexity index is 457. The van der Waals surface area contributed by atoms with Crippen LogP contribution in [0.4, 0.5) is 0 Å². The minimum Gasteiger partial charge on any atom is -0.496 e. The summed E-state index contributed by atoms with van der Waals surface area (Å²) in [7, 11) is 1.79. The Morgan fingerprint density at radius 2 is 2.21 bits per heavy atom. The zero-order valence-corrected chi connectivity index (χ0v) is 12.4. The molecule has 0 amide bonds. The fraction of sp³-hybridized carbons (Fsp3) is 0.647. The lowest BCUT2D eigenvalue weighted by atomic mass is 9.79. The van der Waals surface area contributed by atoms with Crippen molar-refractivity contribution < 1.29 is 4.74 Å². The molecule has 2 heteroatoms. The largest absolute Gasteiger partial charge is 0.496 e. The van der Waals surface area contributed by atoms with Gasteiger partial charge in [-0.3, -0.25) is 4.90 Å². The molecule has 0 spiro atoms. The lowest BCUT2D eigenvalue weighted by Crippen LogP contribution is -2.38. The van der Waals surface area contributed by atoms with Gasteiger partial charge in [0.05, 0.1) is 7.11 Å². The van der Waals surface area contributed by atoms with Gasteiger partial charge in [-0.15, -0.1) is 0 Å². The molecule has 2 aliphatic rings. The monoisotopic (exact) mass is 259 g/mol. The van der Waals surface area contributed by atoms with Crippen molar-refractivity contribution >= 4 is 0 Å². The maximum absolute atomic E-state index is 5.55. The van der Waals surface area contributed by atoms with Gasteiger partial charge < -0.3 is 4.74 Å². The van der Waals surface area contributed by atoms with Gasteiger partial charge in [-0.05, 0) is 56.3 Å². The van der Waals surface area contributed by atoms with Crippen molar-refractivity contribution in [2.45, 2.75) is 57.5 Å². The van der Waals surface area contributed by atoms with E-state index in [1.54, 1.807) is 12.7 Å². The minimum absolute atomic E-state index is 0.723. The molecule has 0 saturated carbocycles. The number of rotatable bonds is 3. The van der Waals surface area contributed by atoms with Crippen molar-refractivity contribution in [3.63, 3.8) is 0 Å². The molecule has 3 unspecified atom stereocenters. The van der Waals surface area contributed by atoms with E-state index in [1.807, 2.05) is 0 Å². The molecule has 0 N–H and O–H groups in total. The van der Waals surface area contributed by atoms with E-state index >= 15 is 0 Å². The maximum atomic E-state index is 5.55. The van der Waals surface area contributed by atoms with Crippen molar-refractivity contribution in [2.24, 2.45) is 0 Å². The van der Waals surface area contributed by atoms with Crippen molar-refractivity contribution in [1.82, 2.24) is 4.90 Å². The molecular weight excluding hydrogens is 234 g/mol. The minimum atomic E-state index is 0.723. The molecule has 1 fully saturated rings. The molecule has 1 saturated heterocycles. The van der Waals surface area contributed by atoms with Gasteiger partial charge in [-0.2, -0.15) is 0 Å². The predicted molar refractivity (Wildman–Crippen MR) is 78.9 cm³/mol. The lowest BCUT2D eigenvalue weighted by Gasteiger charge is -2.34. The molecule has 104 valence electrons. The summed E-state index contributed by atoms with van der Waals surface area (Å²) in [4.78, 5) is 2.74. The van der Waals surface area contributed by atoms with Crippen LogP contribution in [0.3, 0.4) is 0 Å².